The quantitative estimate of drug-likeness (QED) is 0.627. The minimum Gasteiger partial charge on any atom is -0.439 e. The lowest BCUT2D eigenvalue weighted by atomic mass is 9.99. The molecule has 3 rings (SSSR count). The van der Waals surface area contributed by atoms with Gasteiger partial charge in [-0.1, -0.05) is 18.7 Å². The van der Waals surface area contributed by atoms with Crippen molar-refractivity contribution in [3.05, 3.63) is 36.0 Å². The summed E-state index contributed by atoms with van der Waals surface area (Å²) in [6.45, 7) is 4.55. The van der Waals surface area contributed by atoms with Crippen LogP contribution in [0.2, 0.25) is 0 Å². The number of nitrogens with zero attached hydrogens (tertiary/aromatic N) is 1. The molecule has 0 aromatic rings. The smallest absolute Gasteiger partial charge is 0.411 e. The third-order valence-electron chi connectivity index (χ3n) is 3.07. The first-order chi connectivity index (χ1) is 6.81. The number of ether oxygens (including phenoxy) is 1. The van der Waals surface area contributed by atoms with Crippen molar-refractivity contribution in [1.29, 1.82) is 0 Å². The van der Waals surface area contributed by atoms with E-state index in [0.717, 1.165) is 18.5 Å². The van der Waals surface area contributed by atoms with Gasteiger partial charge in [-0.15, -0.1) is 0 Å². The van der Waals surface area contributed by atoms with Crippen molar-refractivity contribution in [1.82, 2.24) is 4.90 Å². The molecule has 14 heavy (non-hydrogen) atoms. The monoisotopic (exact) mass is 189 g/mol. The number of carbonyl (C=O) groups is 1. The summed E-state index contributed by atoms with van der Waals surface area (Å²) in [4.78, 5) is 13.2. The molecular weight excluding hydrogens is 178 g/mol. The molecule has 0 saturated carbocycles. The summed E-state index contributed by atoms with van der Waals surface area (Å²) in [6.07, 6.45) is 6.68. The number of allylic oxidation sites excluding steroid dienone is 1. The van der Waals surface area contributed by atoms with Gasteiger partial charge in [-0.05, 0) is 23.6 Å². The molecule has 2 atom stereocenters. The van der Waals surface area contributed by atoms with Gasteiger partial charge in [0.25, 0.3) is 0 Å². The largest absolute Gasteiger partial charge is 0.439 e. The van der Waals surface area contributed by atoms with Gasteiger partial charge < -0.3 is 4.74 Å². The van der Waals surface area contributed by atoms with Crippen LogP contribution in [0.15, 0.2) is 36.0 Å². The van der Waals surface area contributed by atoms with Gasteiger partial charge in [0, 0.05) is 6.54 Å². The Morgan fingerprint density at radius 1 is 1.64 bits per heavy atom. The highest BCUT2D eigenvalue weighted by molar-refractivity contribution is 5.75. The van der Waals surface area contributed by atoms with E-state index in [-0.39, 0.29) is 18.2 Å². The Morgan fingerprint density at radius 2 is 2.50 bits per heavy atom. The van der Waals surface area contributed by atoms with Gasteiger partial charge in [-0.25, -0.2) is 4.79 Å². The number of amides is 1. The maximum atomic E-state index is 11.4. The minimum absolute atomic E-state index is 0.0814. The molecule has 0 N–H and O–H groups in total. The van der Waals surface area contributed by atoms with Crippen LogP contribution in [0.5, 0.6) is 0 Å². The lowest BCUT2D eigenvalue weighted by Gasteiger charge is -2.26. The second-order valence-corrected chi connectivity index (χ2v) is 3.76. The van der Waals surface area contributed by atoms with Crippen LogP contribution >= 0.6 is 0 Å². The zero-order valence-electron chi connectivity index (χ0n) is 7.77. The standard InChI is InChI=1S/C11H11NO2/c1-2-7-6-9-10-8(7)4-3-5-12(10)11(13)14-9/h2,4,6,9-10H,1,3,5H2/t9-,10+/m1/s1. The number of carbonyl (C=O) groups excluding carboxylic acids is 1. The molecule has 3 aliphatic rings. The predicted octanol–water partition coefficient (Wildman–Crippen LogP) is 1.63. The van der Waals surface area contributed by atoms with Crippen LogP contribution in [0, 0.1) is 0 Å². The maximum Gasteiger partial charge on any atom is 0.411 e. The molecule has 0 spiro atoms. The van der Waals surface area contributed by atoms with Gasteiger partial charge in [-0.3, -0.25) is 4.90 Å². The Balaban J connectivity index is 2.09. The van der Waals surface area contributed by atoms with Crippen LogP contribution < -0.4 is 0 Å². The van der Waals surface area contributed by atoms with Crippen LogP contribution in [0.4, 0.5) is 4.79 Å². The zero-order chi connectivity index (χ0) is 9.71. The number of hydrogen-bond donors (Lipinski definition) is 0. The Bertz CT molecular complexity index is 381. The molecule has 3 nitrogen and oxygen atoms in total. The van der Waals surface area contributed by atoms with E-state index in [9.17, 15) is 4.79 Å². The SMILES string of the molecule is C=CC1=C[C@H]2OC(=O)N3CCC=C1[C@@H]23. The maximum absolute atomic E-state index is 11.4. The molecule has 0 unspecified atom stereocenters. The Morgan fingerprint density at radius 3 is 3.29 bits per heavy atom. The molecule has 1 fully saturated rings. The van der Waals surface area contributed by atoms with Crippen molar-refractivity contribution < 1.29 is 9.53 Å². The molecule has 0 radical (unpaired) electrons. The van der Waals surface area contributed by atoms with Gasteiger partial charge in [0.1, 0.15) is 12.1 Å². The second-order valence-electron chi connectivity index (χ2n) is 3.76. The molecule has 0 aromatic carbocycles. The zero-order valence-corrected chi connectivity index (χ0v) is 7.77. The van der Waals surface area contributed by atoms with Crippen molar-refractivity contribution in [2.45, 2.75) is 18.6 Å². The first-order valence-corrected chi connectivity index (χ1v) is 4.83. The van der Waals surface area contributed by atoms with Crippen molar-refractivity contribution in [2.75, 3.05) is 6.54 Å². The molecule has 3 heteroatoms. The van der Waals surface area contributed by atoms with E-state index < -0.39 is 0 Å². The summed E-state index contributed by atoms with van der Waals surface area (Å²) in [5.74, 6) is 0. The third-order valence-corrected chi connectivity index (χ3v) is 3.07. The highest BCUT2D eigenvalue weighted by atomic mass is 16.6. The van der Waals surface area contributed by atoms with Crippen molar-refractivity contribution in [3.8, 4) is 0 Å². The van der Waals surface area contributed by atoms with E-state index >= 15 is 0 Å². The van der Waals surface area contributed by atoms with Gasteiger partial charge in [-0.2, -0.15) is 0 Å². The predicted molar refractivity (Wildman–Crippen MR) is 51.7 cm³/mol. The van der Waals surface area contributed by atoms with Crippen molar-refractivity contribution in [2.24, 2.45) is 0 Å². The first-order valence-electron chi connectivity index (χ1n) is 4.83. The summed E-state index contributed by atoms with van der Waals surface area (Å²) in [6, 6.07) is 0.129. The van der Waals surface area contributed by atoms with Crippen LogP contribution in [-0.2, 0) is 4.74 Å². The van der Waals surface area contributed by atoms with Gasteiger partial charge in [0.05, 0.1) is 0 Å². The lowest BCUT2D eigenvalue weighted by Crippen LogP contribution is -2.38. The van der Waals surface area contributed by atoms with Crippen LogP contribution in [0.3, 0.4) is 0 Å². The fourth-order valence-corrected chi connectivity index (χ4v) is 2.47. The van der Waals surface area contributed by atoms with E-state index in [4.69, 9.17) is 4.74 Å². The number of rotatable bonds is 1. The fraction of sp³-hybridized carbons (Fsp3) is 0.364. The van der Waals surface area contributed by atoms with Crippen LogP contribution in [-0.4, -0.2) is 29.7 Å². The average molecular weight is 189 g/mol. The molecule has 0 bridgehead atoms. The van der Waals surface area contributed by atoms with Gasteiger partial charge >= 0.3 is 6.09 Å². The summed E-state index contributed by atoms with van der Waals surface area (Å²) in [7, 11) is 0. The average Bonchev–Trinajstić information content (AvgIpc) is 2.71. The summed E-state index contributed by atoms with van der Waals surface area (Å²) in [5.41, 5.74) is 2.33. The topological polar surface area (TPSA) is 29.5 Å². The van der Waals surface area contributed by atoms with E-state index in [0.29, 0.717) is 0 Å². The van der Waals surface area contributed by atoms with E-state index in [1.807, 2.05) is 17.1 Å². The summed E-state index contributed by atoms with van der Waals surface area (Å²) >= 11 is 0. The molecule has 1 aliphatic carbocycles. The molecule has 0 aromatic heterocycles. The normalized spacial score (nSPS) is 33.4. The molecule has 72 valence electrons. The van der Waals surface area contributed by atoms with E-state index in [1.54, 1.807) is 0 Å². The number of hydrogen-bond acceptors (Lipinski definition) is 2. The summed E-state index contributed by atoms with van der Waals surface area (Å²) in [5, 5.41) is 0. The lowest BCUT2D eigenvalue weighted by molar-refractivity contribution is 0.145. The van der Waals surface area contributed by atoms with E-state index in [2.05, 4.69) is 12.7 Å². The molecular formula is C11H11NO2. The van der Waals surface area contributed by atoms with Gasteiger partial charge in [0.15, 0.2) is 0 Å². The molecule has 2 aliphatic heterocycles. The fourth-order valence-electron chi connectivity index (χ4n) is 2.47. The third kappa shape index (κ3) is 0.794. The first kappa shape index (κ1) is 7.85. The Hall–Kier alpha value is -1.51. The highest BCUT2D eigenvalue weighted by Gasteiger charge is 2.47. The highest BCUT2D eigenvalue weighted by Crippen LogP contribution is 2.39. The van der Waals surface area contributed by atoms with Crippen molar-refractivity contribution >= 4 is 6.09 Å². The molecule has 1 amide bonds. The minimum atomic E-state index is -0.176. The second kappa shape index (κ2) is 2.50. The van der Waals surface area contributed by atoms with Crippen LogP contribution in [0.1, 0.15) is 6.42 Å². The van der Waals surface area contributed by atoms with Crippen LogP contribution in [0.25, 0.3) is 0 Å². The molecule has 1 saturated heterocycles. The van der Waals surface area contributed by atoms with Crippen molar-refractivity contribution in [3.63, 3.8) is 0 Å². The molecule has 2 heterocycles. The Kier molecular flexibility index (Phi) is 1.40. The van der Waals surface area contributed by atoms with Gasteiger partial charge in [0.2, 0.25) is 0 Å². The summed E-state index contributed by atoms with van der Waals surface area (Å²) < 4.78 is 5.25. The van der Waals surface area contributed by atoms with E-state index in [1.165, 1.54) is 5.57 Å². The Labute approximate surface area is 82.3 Å².